The van der Waals surface area contributed by atoms with E-state index in [4.69, 9.17) is 23.2 Å². The summed E-state index contributed by atoms with van der Waals surface area (Å²) >= 11 is 12.2. The van der Waals surface area contributed by atoms with Crippen molar-refractivity contribution in [1.29, 1.82) is 5.26 Å². The topological polar surface area (TPSA) is 95.2 Å². The predicted octanol–water partition coefficient (Wildman–Crippen LogP) is 4.82. The van der Waals surface area contributed by atoms with E-state index in [9.17, 15) is 5.26 Å². The summed E-state index contributed by atoms with van der Waals surface area (Å²) in [6, 6.07) is 15.7. The number of halogens is 2. The Hall–Kier alpha value is -3.44. The molecule has 0 saturated carbocycles. The van der Waals surface area contributed by atoms with E-state index >= 15 is 0 Å². The maximum absolute atomic E-state index is 9.52. The molecule has 0 atom stereocenters. The standard InChI is InChI=1S/C23H17Cl2N7/c24-17-2-4-21-19(7-17)23(30-29-21)11-27-9-16-13-32(31-22(16)8-26)12-14-1-3-20-15(5-14)6-18(25)10-28-20/h1-7,10,13,27H,9,11-12H2,(H,29,30). The van der Waals surface area contributed by atoms with E-state index in [2.05, 4.69) is 31.7 Å². The molecule has 0 aliphatic heterocycles. The van der Waals surface area contributed by atoms with Crippen LogP contribution < -0.4 is 5.32 Å². The summed E-state index contributed by atoms with van der Waals surface area (Å²) in [5.41, 5.74) is 4.97. The third kappa shape index (κ3) is 4.16. The monoisotopic (exact) mass is 461 g/mol. The maximum Gasteiger partial charge on any atom is 0.166 e. The zero-order valence-corrected chi connectivity index (χ0v) is 18.3. The minimum Gasteiger partial charge on any atom is -0.307 e. The summed E-state index contributed by atoms with van der Waals surface area (Å²) in [7, 11) is 0. The van der Waals surface area contributed by atoms with Gasteiger partial charge in [-0.25, -0.2) is 0 Å². The van der Waals surface area contributed by atoms with Crippen molar-refractivity contribution in [2.75, 3.05) is 0 Å². The minimum absolute atomic E-state index is 0.401. The van der Waals surface area contributed by atoms with Crippen LogP contribution in [0.5, 0.6) is 0 Å². The van der Waals surface area contributed by atoms with Gasteiger partial charge in [0.25, 0.3) is 0 Å². The number of fused-ring (bicyclic) bond motifs is 2. The van der Waals surface area contributed by atoms with Gasteiger partial charge < -0.3 is 5.32 Å². The first-order chi connectivity index (χ1) is 15.6. The summed E-state index contributed by atoms with van der Waals surface area (Å²) in [4.78, 5) is 4.32. The highest BCUT2D eigenvalue weighted by atomic mass is 35.5. The number of benzene rings is 2. The summed E-state index contributed by atoms with van der Waals surface area (Å²) in [5.74, 6) is 0. The first kappa shape index (κ1) is 20.5. The number of H-pyrrole nitrogens is 1. The fourth-order valence-electron chi connectivity index (χ4n) is 3.70. The number of nitrogens with zero attached hydrogens (tertiary/aromatic N) is 5. The molecule has 7 nitrogen and oxygen atoms in total. The number of aromatic amines is 1. The first-order valence-electron chi connectivity index (χ1n) is 9.93. The second-order valence-electron chi connectivity index (χ2n) is 7.46. The smallest absolute Gasteiger partial charge is 0.166 e. The molecule has 0 amide bonds. The third-order valence-electron chi connectivity index (χ3n) is 5.21. The fourth-order valence-corrected chi connectivity index (χ4v) is 4.04. The Labute approximate surface area is 193 Å². The van der Waals surface area contributed by atoms with E-state index in [1.807, 2.05) is 48.7 Å². The fraction of sp³-hybridized carbons (Fsp3) is 0.130. The van der Waals surface area contributed by atoms with Gasteiger partial charge >= 0.3 is 0 Å². The Morgan fingerprint density at radius 1 is 1.06 bits per heavy atom. The summed E-state index contributed by atoms with van der Waals surface area (Å²) in [6.45, 7) is 1.57. The van der Waals surface area contributed by atoms with Crippen LogP contribution in [-0.2, 0) is 19.6 Å². The van der Waals surface area contributed by atoms with Crippen molar-refractivity contribution < 1.29 is 0 Å². The van der Waals surface area contributed by atoms with Gasteiger partial charge in [-0.05, 0) is 42.0 Å². The van der Waals surface area contributed by atoms with Gasteiger partial charge in [-0.15, -0.1) is 0 Å². The number of hydrogen-bond acceptors (Lipinski definition) is 5. The van der Waals surface area contributed by atoms with Crippen LogP contribution in [0.15, 0.2) is 54.9 Å². The van der Waals surface area contributed by atoms with Gasteiger partial charge in [-0.1, -0.05) is 29.3 Å². The molecule has 0 spiro atoms. The van der Waals surface area contributed by atoms with Crippen molar-refractivity contribution in [1.82, 2.24) is 30.3 Å². The molecular weight excluding hydrogens is 445 g/mol. The molecule has 0 aliphatic rings. The van der Waals surface area contributed by atoms with Crippen molar-refractivity contribution in [3.05, 3.63) is 87.4 Å². The van der Waals surface area contributed by atoms with Gasteiger partial charge in [-0.2, -0.15) is 15.5 Å². The highest BCUT2D eigenvalue weighted by Gasteiger charge is 2.11. The average molecular weight is 462 g/mol. The van der Waals surface area contributed by atoms with Crippen LogP contribution in [0.1, 0.15) is 22.5 Å². The quantitative estimate of drug-likeness (QED) is 0.377. The molecule has 0 bridgehead atoms. The highest BCUT2D eigenvalue weighted by molar-refractivity contribution is 6.31. The van der Waals surface area contributed by atoms with E-state index in [0.29, 0.717) is 35.4 Å². The maximum atomic E-state index is 9.52. The molecule has 9 heteroatoms. The van der Waals surface area contributed by atoms with Crippen molar-refractivity contribution in [3.8, 4) is 6.07 Å². The zero-order valence-electron chi connectivity index (χ0n) is 16.8. The van der Waals surface area contributed by atoms with E-state index in [1.54, 1.807) is 10.9 Å². The summed E-state index contributed by atoms with van der Waals surface area (Å²) in [6.07, 6.45) is 3.53. The molecule has 3 heterocycles. The SMILES string of the molecule is N#Cc1nn(Cc2ccc3ncc(Cl)cc3c2)cc1CNCc1n[nH]c2ccc(Cl)cc12. The Balaban J connectivity index is 1.30. The van der Waals surface area contributed by atoms with Crippen LogP contribution in [0.25, 0.3) is 21.8 Å². The molecular formula is C23H17Cl2N7. The van der Waals surface area contributed by atoms with Crippen LogP contribution in [0.3, 0.4) is 0 Å². The molecule has 5 aromatic rings. The summed E-state index contributed by atoms with van der Waals surface area (Å²) < 4.78 is 1.78. The Bertz CT molecular complexity index is 1480. The Morgan fingerprint density at radius 3 is 2.84 bits per heavy atom. The van der Waals surface area contributed by atoms with E-state index in [1.165, 1.54) is 0 Å². The predicted molar refractivity (Wildman–Crippen MR) is 124 cm³/mol. The molecule has 2 N–H and O–H groups in total. The molecule has 0 radical (unpaired) electrons. The van der Waals surface area contributed by atoms with E-state index in [-0.39, 0.29) is 0 Å². The number of nitriles is 1. The lowest BCUT2D eigenvalue weighted by molar-refractivity contribution is 0.671. The second kappa shape index (κ2) is 8.60. The van der Waals surface area contributed by atoms with Crippen molar-refractivity contribution in [2.24, 2.45) is 0 Å². The minimum atomic E-state index is 0.401. The average Bonchev–Trinajstić information content (AvgIpc) is 3.37. The molecule has 0 fully saturated rings. The van der Waals surface area contributed by atoms with Crippen LogP contribution in [0.4, 0.5) is 0 Å². The van der Waals surface area contributed by atoms with Crippen LogP contribution in [0, 0.1) is 11.3 Å². The molecule has 158 valence electrons. The van der Waals surface area contributed by atoms with Gasteiger partial charge in [-0.3, -0.25) is 14.8 Å². The number of nitrogens with one attached hydrogen (secondary N) is 2. The van der Waals surface area contributed by atoms with Gasteiger partial charge in [0.2, 0.25) is 0 Å². The Morgan fingerprint density at radius 2 is 1.97 bits per heavy atom. The van der Waals surface area contributed by atoms with Crippen LogP contribution in [0.2, 0.25) is 10.0 Å². The number of pyridine rings is 1. The van der Waals surface area contributed by atoms with Gasteiger partial charge in [0.1, 0.15) is 6.07 Å². The lowest BCUT2D eigenvalue weighted by atomic mass is 10.1. The normalized spacial score (nSPS) is 11.3. The number of rotatable bonds is 6. The molecule has 0 saturated heterocycles. The first-order valence-corrected chi connectivity index (χ1v) is 10.7. The van der Waals surface area contributed by atoms with Gasteiger partial charge in [0, 0.05) is 46.8 Å². The second-order valence-corrected chi connectivity index (χ2v) is 8.33. The summed E-state index contributed by atoms with van der Waals surface area (Å²) in [5, 5.41) is 27.9. The van der Waals surface area contributed by atoms with Gasteiger partial charge in [0.05, 0.1) is 28.3 Å². The lowest BCUT2D eigenvalue weighted by Crippen LogP contribution is -2.13. The van der Waals surface area contributed by atoms with Crippen LogP contribution in [-0.4, -0.2) is 25.0 Å². The number of aromatic nitrogens is 5. The van der Waals surface area contributed by atoms with Crippen molar-refractivity contribution in [3.63, 3.8) is 0 Å². The zero-order chi connectivity index (χ0) is 22.1. The van der Waals surface area contributed by atoms with Crippen molar-refractivity contribution >= 4 is 45.0 Å². The number of hydrogen-bond donors (Lipinski definition) is 2. The Kier molecular flexibility index (Phi) is 5.50. The molecule has 0 unspecified atom stereocenters. The molecule has 3 aromatic heterocycles. The van der Waals surface area contributed by atoms with Gasteiger partial charge in [0.15, 0.2) is 5.69 Å². The molecule has 0 aliphatic carbocycles. The van der Waals surface area contributed by atoms with E-state index < -0.39 is 0 Å². The van der Waals surface area contributed by atoms with E-state index in [0.717, 1.165) is 38.6 Å². The lowest BCUT2D eigenvalue weighted by Gasteiger charge is -2.04. The molecule has 5 rings (SSSR count). The van der Waals surface area contributed by atoms with Crippen molar-refractivity contribution in [2.45, 2.75) is 19.6 Å². The molecule has 32 heavy (non-hydrogen) atoms. The van der Waals surface area contributed by atoms with Crippen LogP contribution >= 0.6 is 23.2 Å². The largest absolute Gasteiger partial charge is 0.307 e. The molecule has 2 aromatic carbocycles. The highest BCUT2D eigenvalue weighted by Crippen LogP contribution is 2.21. The third-order valence-corrected chi connectivity index (χ3v) is 5.65.